The van der Waals surface area contributed by atoms with Crippen LogP contribution in [0.4, 0.5) is 0 Å². The molecule has 19 heavy (non-hydrogen) atoms. The van der Waals surface area contributed by atoms with Gasteiger partial charge in [0.2, 0.25) is 0 Å². The molecule has 2 aliphatic rings. The van der Waals surface area contributed by atoms with Crippen LogP contribution in [-0.4, -0.2) is 23.4 Å². The number of rotatable bonds is 3. The molecule has 0 radical (unpaired) electrons. The molecule has 3 atom stereocenters. The Morgan fingerprint density at radius 2 is 2.11 bits per heavy atom. The summed E-state index contributed by atoms with van der Waals surface area (Å²) in [5, 5.41) is 13.5. The Morgan fingerprint density at radius 1 is 1.32 bits per heavy atom. The van der Waals surface area contributed by atoms with E-state index in [1.54, 1.807) is 0 Å². The van der Waals surface area contributed by atoms with E-state index in [9.17, 15) is 5.11 Å². The maximum absolute atomic E-state index is 9.92. The number of benzene rings is 1. The van der Waals surface area contributed by atoms with Gasteiger partial charge in [-0.1, -0.05) is 24.6 Å². The van der Waals surface area contributed by atoms with Gasteiger partial charge in [0.25, 0.3) is 0 Å². The van der Waals surface area contributed by atoms with Crippen molar-refractivity contribution < 1.29 is 9.84 Å². The fraction of sp³-hybridized carbons (Fsp3) is 0.625. The largest absolute Gasteiger partial charge is 0.486 e. The maximum Gasteiger partial charge on any atom is 0.125 e. The van der Waals surface area contributed by atoms with Gasteiger partial charge < -0.3 is 15.2 Å². The van der Waals surface area contributed by atoms with Crippen molar-refractivity contribution in [2.24, 2.45) is 5.92 Å². The van der Waals surface area contributed by atoms with Crippen LogP contribution < -0.4 is 10.1 Å². The molecular formula is C16H23NO2. The number of ether oxygens (including phenoxy) is 1. The highest BCUT2D eigenvalue weighted by molar-refractivity contribution is 5.42. The van der Waals surface area contributed by atoms with E-state index >= 15 is 0 Å². The molecule has 3 rings (SSSR count). The first-order chi connectivity index (χ1) is 9.08. The molecule has 0 amide bonds. The molecule has 1 saturated carbocycles. The molecule has 0 spiro atoms. The Kier molecular flexibility index (Phi) is 3.27. The molecule has 1 fully saturated rings. The summed E-state index contributed by atoms with van der Waals surface area (Å²) in [6, 6.07) is 8.44. The van der Waals surface area contributed by atoms with E-state index in [1.807, 2.05) is 12.1 Å². The summed E-state index contributed by atoms with van der Waals surface area (Å²) < 4.78 is 6.02. The van der Waals surface area contributed by atoms with Crippen LogP contribution in [0.2, 0.25) is 0 Å². The van der Waals surface area contributed by atoms with Gasteiger partial charge in [-0.05, 0) is 38.7 Å². The van der Waals surface area contributed by atoms with Gasteiger partial charge in [-0.3, -0.25) is 0 Å². The van der Waals surface area contributed by atoms with E-state index < -0.39 is 0 Å². The lowest BCUT2D eigenvalue weighted by Crippen LogP contribution is -2.41. The number of fused-ring (bicyclic) bond motifs is 1. The summed E-state index contributed by atoms with van der Waals surface area (Å²) in [6.45, 7) is 5.11. The van der Waals surface area contributed by atoms with E-state index in [2.05, 4.69) is 31.3 Å². The lowest BCUT2D eigenvalue weighted by Gasteiger charge is -2.29. The minimum atomic E-state index is -0.229. The Hall–Kier alpha value is -1.06. The Balaban J connectivity index is 1.72. The van der Waals surface area contributed by atoms with E-state index in [1.165, 1.54) is 5.56 Å². The minimum Gasteiger partial charge on any atom is -0.486 e. The molecule has 3 heteroatoms. The predicted molar refractivity (Wildman–Crippen MR) is 75.2 cm³/mol. The average Bonchev–Trinajstić information content (AvgIpc) is 2.87. The second-order valence-corrected chi connectivity index (χ2v) is 6.34. The summed E-state index contributed by atoms with van der Waals surface area (Å²) in [5.41, 5.74) is 1.01. The first kappa shape index (κ1) is 12.9. The highest BCUT2D eigenvalue weighted by atomic mass is 16.5. The molecule has 0 bridgehead atoms. The molecule has 1 aliphatic carbocycles. The minimum absolute atomic E-state index is 0.131. The molecule has 0 aromatic heterocycles. The van der Waals surface area contributed by atoms with Crippen molar-refractivity contribution >= 4 is 0 Å². The van der Waals surface area contributed by atoms with Gasteiger partial charge in [0.1, 0.15) is 11.4 Å². The molecule has 1 aliphatic heterocycles. The van der Waals surface area contributed by atoms with Crippen molar-refractivity contribution in [3.8, 4) is 5.75 Å². The molecule has 3 unspecified atom stereocenters. The molecule has 1 aromatic carbocycles. The fourth-order valence-electron chi connectivity index (χ4n) is 3.41. The highest BCUT2D eigenvalue weighted by Gasteiger charge is 2.41. The SMILES string of the molecule is CC1(C)Oc2ccccc2C1NCC1CCCC1O. The van der Waals surface area contributed by atoms with Gasteiger partial charge in [-0.15, -0.1) is 0 Å². The smallest absolute Gasteiger partial charge is 0.125 e. The van der Waals surface area contributed by atoms with E-state index in [0.717, 1.165) is 31.6 Å². The molecule has 1 aromatic rings. The van der Waals surface area contributed by atoms with Crippen LogP contribution in [0.5, 0.6) is 5.75 Å². The van der Waals surface area contributed by atoms with Gasteiger partial charge in [0.15, 0.2) is 0 Å². The monoisotopic (exact) mass is 261 g/mol. The van der Waals surface area contributed by atoms with Crippen LogP contribution in [0.15, 0.2) is 24.3 Å². The molecular weight excluding hydrogens is 238 g/mol. The predicted octanol–water partition coefficient (Wildman–Crippen LogP) is 2.65. The first-order valence-electron chi connectivity index (χ1n) is 7.27. The van der Waals surface area contributed by atoms with E-state index in [4.69, 9.17) is 4.74 Å². The molecule has 3 nitrogen and oxygen atoms in total. The molecule has 1 heterocycles. The lowest BCUT2D eigenvalue weighted by atomic mass is 9.93. The van der Waals surface area contributed by atoms with Crippen LogP contribution in [0.3, 0.4) is 0 Å². The Labute approximate surface area is 115 Å². The van der Waals surface area contributed by atoms with Crippen molar-refractivity contribution in [3.05, 3.63) is 29.8 Å². The molecule has 2 N–H and O–H groups in total. The number of hydrogen-bond donors (Lipinski definition) is 2. The summed E-state index contributed by atoms with van der Waals surface area (Å²) in [5.74, 6) is 1.38. The second kappa shape index (κ2) is 4.80. The number of hydrogen-bond acceptors (Lipinski definition) is 3. The first-order valence-corrected chi connectivity index (χ1v) is 7.27. The third kappa shape index (κ3) is 2.37. The van der Waals surface area contributed by atoms with Crippen molar-refractivity contribution in [2.45, 2.75) is 50.9 Å². The van der Waals surface area contributed by atoms with Gasteiger partial charge >= 0.3 is 0 Å². The van der Waals surface area contributed by atoms with Crippen LogP contribution in [0.1, 0.15) is 44.7 Å². The summed E-state index contributed by atoms with van der Waals surface area (Å²) in [6.07, 6.45) is 3.10. The van der Waals surface area contributed by atoms with E-state index in [-0.39, 0.29) is 17.7 Å². The normalized spacial score (nSPS) is 32.1. The van der Waals surface area contributed by atoms with Gasteiger partial charge in [-0.25, -0.2) is 0 Å². The maximum atomic E-state index is 9.92. The quantitative estimate of drug-likeness (QED) is 0.879. The van der Waals surface area contributed by atoms with Crippen LogP contribution >= 0.6 is 0 Å². The lowest BCUT2D eigenvalue weighted by molar-refractivity contribution is 0.0848. The van der Waals surface area contributed by atoms with Crippen molar-refractivity contribution in [2.75, 3.05) is 6.54 Å². The van der Waals surface area contributed by atoms with Crippen molar-refractivity contribution in [1.29, 1.82) is 0 Å². The fourth-order valence-corrected chi connectivity index (χ4v) is 3.41. The summed E-state index contributed by atoms with van der Waals surface area (Å²) in [7, 11) is 0. The van der Waals surface area contributed by atoms with E-state index in [0.29, 0.717) is 5.92 Å². The summed E-state index contributed by atoms with van der Waals surface area (Å²) >= 11 is 0. The van der Waals surface area contributed by atoms with Gasteiger partial charge in [0.05, 0.1) is 12.1 Å². The van der Waals surface area contributed by atoms with Crippen LogP contribution in [0, 0.1) is 5.92 Å². The second-order valence-electron chi connectivity index (χ2n) is 6.34. The standard InChI is InChI=1S/C16H23NO2/c1-16(2)15(12-7-3-4-9-14(12)19-16)17-10-11-6-5-8-13(11)18/h3-4,7,9,11,13,15,17-18H,5-6,8,10H2,1-2H3. The number of aliphatic hydroxyl groups excluding tert-OH is 1. The van der Waals surface area contributed by atoms with Crippen molar-refractivity contribution in [3.63, 3.8) is 0 Å². The van der Waals surface area contributed by atoms with Crippen LogP contribution in [-0.2, 0) is 0 Å². The number of nitrogens with one attached hydrogen (secondary N) is 1. The number of aliphatic hydroxyl groups is 1. The van der Waals surface area contributed by atoms with Gasteiger partial charge in [-0.2, -0.15) is 0 Å². The summed E-state index contributed by atoms with van der Waals surface area (Å²) in [4.78, 5) is 0. The molecule has 0 saturated heterocycles. The Morgan fingerprint density at radius 3 is 2.84 bits per heavy atom. The zero-order valence-electron chi connectivity index (χ0n) is 11.7. The van der Waals surface area contributed by atoms with Gasteiger partial charge in [0, 0.05) is 12.1 Å². The zero-order chi connectivity index (χ0) is 13.5. The highest BCUT2D eigenvalue weighted by Crippen LogP contribution is 2.42. The average molecular weight is 261 g/mol. The van der Waals surface area contributed by atoms with Crippen molar-refractivity contribution in [1.82, 2.24) is 5.32 Å². The third-order valence-corrected chi connectivity index (χ3v) is 4.50. The molecule has 104 valence electrons. The Bertz CT molecular complexity index is 458. The topological polar surface area (TPSA) is 41.5 Å². The zero-order valence-corrected chi connectivity index (χ0v) is 11.7. The third-order valence-electron chi connectivity index (χ3n) is 4.50. The van der Waals surface area contributed by atoms with Crippen LogP contribution in [0.25, 0.3) is 0 Å². The number of para-hydroxylation sites is 1.